The van der Waals surface area contributed by atoms with Crippen LogP contribution in [0.15, 0.2) is 52.8 Å². The largest absolute Gasteiger partial charge is 0.738 e. The van der Waals surface area contributed by atoms with Crippen LogP contribution in [0.2, 0.25) is 10.0 Å². The Balaban J connectivity index is 2.14. The molecule has 1 aromatic carbocycles. The Morgan fingerprint density at radius 2 is 1.79 bits per heavy atom. The molecule has 2 aromatic rings. The van der Waals surface area contributed by atoms with Gasteiger partial charge in [0.25, 0.3) is 0 Å². The molecule has 9 heteroatoms. The second-order valence-electron chi connectivity index (χ2n) is 5.41. The number of benzene rings is 1. The third kappa shape index (κ3) is 2.21. The quantitative estimate of drug-likeness (QED) is 0.434. The molecule has 2 aliphatic rings. The molecule has 1 aromatic heterocycles. The second-order valence-corrected chi connectivity index (χ2v) is 7.88. The summed E-state index contributed by atoms with van der Waals surface area (Å²) in [5.74, 6) is 0. The van der Waals surface area contributed by atoms with E-state index in [1.807, 2.05) is 0 Å². The van der Waals surface area contributed by atoms with Gasteiger partial charge in [-0.1, -0.05) is 23.2 Å². The van der Waals surface area contributed by atoms with Gasteiger partial charge in [-0.25, -0.2) is 0 Å². The summed E-state index contributed by atoms with van der Waals surface area (Å²) in [5, 5.41) is 0.930. The van der Waals surface area contributed by atoms with E-state index in [4.69, 9.17) is 23.2 Å². The molecule has 0 fully saturated rings. The molecule has 122 valence electrons. The number of nitrogens with zero attached hydrogens (tertiary/aromatic N) is 2. The van der Waals surface area contributed by atoms with Crippen LogP contribution in [0, 0.1) is 0 Å². The summed E-state index contributed by atoms with van der Waals surface area (Å²) >= 11 is 18.9. The molecule has 2 aliphatic heterocycles. The van der Waals surface area contributed by atoms with E-state index in [0.717, 1.165) is 8.96 Å². The number of fused-ring (bicyclic) bond motifs is 2. The van der Waals surface area contributed by atoms with Crippen LogP contribution in [0.3, 0.4) is 0 Å². The van der Waals surface area contributed by atoms with E-state index in [9.17, 15) is 0 Å². The van der Waals surface area contributed by atoms with Crippen molar-refractivity contribution >= 4 is 72.2 Å². The van der Waals surface area contributed by atoms with E-state index in [1.54, 1.807) is 42.5 Å². The van der Waals surface area contributed by atoms with Crippen LogP contribution in [0.1, 0.15) is 11.3 Å². The Kier molecular flexibility index (Phi) is 3.84. The smallest absolute Gasteiger partial charge is 0.389 e. The molecule has 24 heavy (non-hydrogen) atoms. The summed E-state index contributed by atoms with van der Waals surface area (Å²) < 4.78 is 32.8. The number of rotatable bonds is 1. The third-order valence-electron chi connectivity index (χ3n) is 4.07. The molecule has 0 saturated heterocycles. The molecular weight excluding hydrogens is 488 g/mol. The van der Waals surface area contributed by atoms with Crippen molar-refractivity contribution in [1.82, 2.24) is 4.48 Å². The molecule has 0 amide bonds. The van der Waals surface area contributed by atoms with Gasteiger partial charge in [-0.2, -0.15) is 0 Å². The van der Waals surface area contributed by atoms with Gasteiger partial charge in [-0.05, 0) is 46.3 Å². The Morgan fingerprint density at radius 3 is 2.54 bits per heavy atom. The Morgan fingerprint density at radius 1 is 1.04 bits per heavy atom. The van der Waals surface area contributed by atoms with Crippen LogP contribution in [-0.2, 0) is 0 Å². The highest BCUT2D eigenvalue weighted by Gasteiger charge is 2.54. The molecule has 2 nitrogen and oxygen atoms in total. The van der Waals surface area contributed by atoms with Gasteiger partial charge in [0.1, 0.15) is 0 Å². The summed E-state index contributed by atoms with van der Waals surface area (Å²) in [4.78, 5) is 0. The van der Waals surface area contributed by atoms with Crippen molar-refractivity contribution in [2.45, 2.75) is 0 Å². The maximum atomic E-state index is 15.1. The summed E-state index contributed by atoms with van der Waals surface area (Å²) in [6.07, 6.45) is 3.25. The molecule has 0 atom stereocenters. The number of aromatic nitrogens is 1. The highest BCUT2D eigenvalue weighted by atomic mass is 79.9. The van der Waals surface area contributed by atoms with Crippen LogP contribution >= 0.6 is 55.1 Å². The zero-order chi connectivity index (χ0) is 17.2. The van der Waals surface area contributed by atoms with Crippen LogP contribution in [0.25, 0.3) is 5.57 Å². The van der Waals surface area contributed by atoms with Crippen molar-refractivity contribution in [3.05, 3.63) is 74.1 Å². The topological polar surface area (TPSA) is 7.94 Å². The number of halogens is 6. The molecule has 0 bridgehead atoms. The average Bonchev–Trinajstić information content (AvgIpc) is 3.08. The summed E-state index contributed by atoms with van der Waals surface area (Å²) in [6, 6.07) is 8.26. The van der Waals surface area contributed by atoms with Crippen molar-refractivity contribution in [3.63, 3.8) is 0 Å². The van der Waals surface area contributed by atoms with E-state index < -0.39 is 6.97 Å². The second kappa shape index (κ2) is 5.56. The van der Waals surface area contributed by atoms with E-state index in [2.05, 4.69) is 31.9 Å². The Labute approximate surface area is 163 Å². The third-order valence-corrected chi connectivity index (χ3v) is 5.93. The van der Waals surface area contributed by atoms with Gasteiger partial charge in [0.05, 0.1) is 10.2 Å². The Hall–Kier alpha value is -0.885. The molecule has 0 unspecified atom stereocenters. The number of hydrogen-bond acceptors (Lipinski definition) is 0. The first-order chi connectivity index (χ1) is 11.3. The SMILES string of the molecule is F[B-]1(F)n2c(Br)ccc2C(c2cc(Cl)ccc2Cl)=C2C=CC(Br)=[N+]21. The average molecular weight is 495 g/mol. The highest BCUT2D eigenvalue weighted by Crippen LogP contribution is 2.43. The first-order valence-corrected chi connectivity index (χ1v) is 9.25. The number of hydrogen-bond donors (Lipinski definition) is 0. The molecule has 4 rings (SSSR count). The summed E-state index contributed by atoms with van der Waals surface area (Å²) in [5.41, 5.74) is 1.98. The predicted molar refractivity (Wildman–Crippen MR) is 101 cm³/mol. The lowest BCUT2D eigenvalue weighted by Crippen LogP contribution is -2.50. The van der Waals surface area contributed by atoms with Crippen molar-refractivity contribution in [1.29, 1.82) is 0 Å². The van der Waals surface area contributed by atoms with Crippen LogP contribution in [0.4, 0.5) is 8.63 Å². The summed E-state index contributed by atoms with van der Waals surface area (Å²) in [6.45, 7) is -4.04. The van der Waals surface area contributed by atoms with Crippen LogP contribution < -0.4 is 0 Å². The van der Waals surface area contributed by atoms with Gasteiger partial charge in [0, 0.05) is 49.4 Å². The lowest BCUT2D eigenvalue weighted by molar-refractivity contribution is -0.358. The molecule has 0 radical (unpaired) electrons. The first kappa shape index (κ1) is 16.6. The van der Waals surface area contributed by atoms with Gasteiger partial charge in [0.15, 0.2) is 5.70 Å². The maximum absolute atomic E-state index is 15.1. The van der Waals surface area contributed by atoms with Gasteiger partial charge in [0.2, 0.25) is 4.62 Å². The minimum absolute atomic E-state index is 0.296. The Bertz CT molecular complexity index is 995. The molecule has 0 saturated carbocycles. The van der Waals surface area contributed by atoms with Crippen LogP contribution in [0.5, 0.6) is 0 Å². The predicted octanol–water partition coefficient (Wildman–Crippen LogP) is 5.93. The van der Waals surface area contributed by atoms with Crippen molar-refractivity contribution in [2.75, 3.05) is 0 Å². The van der Waals surface area contributed by atoms with Gasteiger partial charge >= 0.3 is 6.97 Å². The van der Waals surface area contributed by atoms with Crippen LogP contribution in [-0.4, -0.2) is 20.6 Å². The molecule has 0 aliphatic carbocycles. The molecule has 0 spiro atoms. The summed E-state index contributed by atoms with van der Waals surface area (Å²) in [7, 11) is 0. The lowest BCUT2D eigenvalue weighted by atomic mass is 9.86. The van der Waals surface area contributed by atoms with E-state index in [0.29, 0.717) is 41.8 Å². The lowest BCUT2D eigenvalue weighted by Gasteiger charge is -2.32. The minimum atomic E-state index is -4.04. The molecule has 3 heterocycles. The zero-order valence-electron chi connectivity index (χ0n) is 11.8. The maximum Gasteiger partial charge on any atom is 0.738 e. The van der Waals surface area contributed by atoms with Crippen molar-refractivity contribution < 1.29 is 13.1 Å². The fraction of sp³-hybridized carbons (Fsp3) is 0. The van der Waals surface area contributed by atoms with E-state index in [-0.39, 0.29) is 0 Å². The number of allylic oxidation sites excluding steroid dienone is 2. The first-order valence-electron chi connectivity index (χ1n) is 6.91. The highest BCUT2D eigenvalue weighted by molar-refractivity contribution is 9.18. The molecule has 0 N–H and O–H groups in total. The van der Waals surface area contributed by atoms with Gasteiger partial charge in [-0.15, -0.1) is 0 Å². The van der Waals surface area contributed by atoms with Crippen molar-refractivity contribution in [2.24, 2.45) is 0 Å². The standard InChI is InChI=1S/C15H7BBr2Cl2F2N2/c17-13-5-3-11-15(9-7-8(19)1-2-10(9)20)12-4-6-14(18)24(12)16(21,22)23(11)13/h1-7H. The van der Waals surface area contributed by atoms with Crippen molar-refractivity contribution in [3.8, 4) is 0 Å². The monoisotopic (exact) mass is 492 g/mol. The fourth-order valence-corrected chi connectivity index (χ4v) is 4.62. The fourth-order valence-electron chi connectivity index (χ4n) is 3.10. The minimum Gasteiger partial charge on any atom is -0.389 e. The van der Waals surface area contributed by atoms with Gasteiger partial charge < -0.3 is 17.6 Å². The van der Waals surface area contributed by atoms with E-state index >= 15 is 8.63 Å². The van der Waals surface area contributed by atoms with E-state index in [1.165, 1.54) is 0 Å². The van der Waals surface area contributed by atoms with Gasteiger partial charge in [-0.3, -0.25) is 0 Å². The normalized spacial score (nSPS) is 18.2. The zero-order valence-corrected chi connectivity index (χ0v) is 16.5. The molecular formula is C15H7BBr2Cl2F2N2.